The van der Waals surface area contributed by atoms with Crippen molar-refractivity contribution in [3.63, 3.8) is 0 Å². The van der Waals surface area contributed by atoms with Gasteiger partial charge in [0.05, 0.1) is 22.7 Å². The lowest BCUT2D eigenvalue weighted by Gasteiger charge is -2.44. The summed E-state index contributed by atoms with van der Waals surface area (Å²) in [5, 5.41) is 4.25. The molecule has 118 valence electrons. The first-order valence-corrected chi connectivity index (χ1v) is 8.97. The number of ether oxygens (including phenoxy) is 1. The maximum Gasteiger partial charge on any atom is 0.0967 e. The molecule has 0 aromatic carbocycles. The summed E-state index contributed by atoms with van der Waals surface area (Å²) >= 11 is 7.96. The SMILES string of the molecule is Cn1cc(CN2CCC3(CC2)OCCc2sc(Cl)cc23)cn1. The van der Waals surface area contributed by atoms with Gasteiger partial charge in [0.1, 0.15) is 0 Å². The minimum absolute atomic E-state index is 0.0946. The Hall–Kier alpha value is -0.880. The summed E-state index contributed by atoms with van der Waals surface area (Å²) in [5.74, 6) is 0. The van der Waals surface area contributed by atoms with Gasteiger partial charge in [0.2, 0.25) is 0 Å². The summed E-state index contributed by atoms with van der Waals surface area (Å²) in [6.45, 7) is 3.91. The van der Waals surface area contributed by atoms with Gasteiger partial charge in [-0.15, -0.1) is 11.3 Å². The van der Waals surface area contributed by atoms with E-state index in [4.69, 9.17) is 16.3 Å². The average Bonchev–Trinajstić information content (AvgIpc) is 3.08. The van der Waals surface area contributed by atoms with Gasteiger partial charge in [-0.2, -0.15) is 5.10 Å². The molecule has 0 aliphatic carbocycles. The van der Waals surface area contributed by atoms with Gasteiger partial charge >= 0.3 is 0 Å². The second-order valence-electron chi connectivity index (χ2n) is 6.28. The number of hydrogen-bond donors (Lipinski definition) is 0. The van der Waals surface area contributed by atoms with Crippen LogP contribution in [0.1, 0.15) is 28.8 Å². The van der Waals surface area contributed by atoms with E-state index in [0.717, 1.165) is 49.8 Å². The van der Waals surface area contributed by atoms with Gasteiger partial charge in [-0.1, -0.05) is 11.6 Å². The summed E-state index contributed by atoms with van der Waals surface area (Å²) in [4.78, 5) is 3.92. The van der Waals surface area contributed by atoms with Crippen LogP contribution >= 0.6 is 22.9 Å². The van der Waals surface area contributed by atoms with Crippen LogP contribution in [0.2, 0.25) is 4.34 Å². The molecule has 2 aliphatic heterocycles. The zero-order chi connectivity index (χ0) is 15.2. The van der Waals surface area contributed by atoms with Gasteiger partial charge < -0.3 is 4.74 Å². The van der Waals surface area contributed by atoms with Crippen LogP contribution in [-0.4, -0.2) is 34.4 Å². The largest absolute Gasteiger partial charge is 0.370 e. The minimum Gasteiger partial charge on any atom is -0.370 e. The summed E-state index contributed by atoms with van der Waals surface area (Å²) in [6.07, 6.45) is 7.16. The number of piperidine rings is 1. The summed E-state index contributed by atoms with van der Waals surface area (Å²) in [7, 11) is 1.96. The Morgan fingerprint density at radius 3 is 2.95 bits per heavy atom. The van der Waals surface area contributed by atoms with E-state index in [1.54, 1.807) is 11.3 Å². The average molecular weight is 338 g/mol. The smallest absolute Gasteiger partial charge is 0.0967 e. The number of likely N-dealkylation sites (tertiary alicyclic amines) is 1. The molecule has 0 amide bonds. The molecule has 0 radical (unpaired) electrons. The quantitative estimate of drug-likeness (QED) is 0.843. The van der Waals surface area contributed by atoms with Crippen LogP contribution in [0.25, 0.3) is 0 Å². The van der Waals surface area contributed by atoms with Crippen molar-refractivity contribution in [2.45, 2.75) is 31.4 Å². The lowest BCUT2D eigenvalue weighted by molar-refractivity contribution is -0.0980. The molecule has 22 heavy (non-hydrogen) atoms. The molecule has 0 atom stereocenters. The van der Waals surface area contributed by atoms with Crippen LogP contribution in [0.5, 0.6) is 0 Å². The Labute approximate surface area is 139 Å². The third kappa shape index (κ3) is 2.60. The topological polar surface area (TPSA) is 30.3 Å². The molecule has 1 fully saturated rings. The Bertz CT molecular complexity index is 673. The molecule has 6 heteroatoms. The fourth-order valence-electron chi connectivity index (χ4n) is 3.68. The molecule has 0 N–H and O–H groups in total. The minimum atomic E-state index is -0.0946. The van der Waals surface area contributed by atoms with Gasteiger partial charge in [0.15, 0.2) is 0 Å². The molecule has 2 aliphatic rings. The third-order valence-electron chi connectivity index (χ3n) is 4.81. The zero-order valence-corrected chi connectivity index (χ0v) is 14.3. The number of halogens is 1. The Morgan fingerprint density at radius 1 is 1.41 bits per heavy atom. The van der Waals surface area contributed by atoms with Crippen molar-refractivity contribution in [1.82, 2.24) is 14.7 Å². The number of fused-ring (bicyclic) bond motifs is 2. The molecule has 0 saturated carbocycles. The third-order valence-corrected chi connectivity index (χ3v) is 6.13. The summed E-state index contributed by atoms with van der Waals surface area (Å²) in [5.41, 5.74) is 2.54. The summed E-state index contributed by atoms with van der Waals surface area (Å²) < 4.78 is 9.02. The lowest BCUT2D eigenvalue weighted by Crippen LogP contribution is -2.45. The molecule has 1 spiro atoms. The molecule has 2 aromatic heterocycles. The highest BCUT2D eigenvalue weighted by Gasteiger charge is 2.41. The maximum atomic E-state index is 6.25. The van der Waals surface area contributed by atoms with Crippen molar-refractivity contribution in [2.75, 3.05) is 19.7 Å². The monoisotopic (exact) mass is 337 g/mol. The number of rotatable bonds is 2. The van der Waals surface area contributed by atoms with E-state index in [0.29, 0.717) is 0 Å². The molecule has 2 aromatic rings. The molecule has 4 nitrogen and oxygen atoms in total. The van der Waals surface area contributed by atoms with Crippen LogP contribution in [0.3, 0.4) is 0 Å². The second kappa shape index (κ2) is 5.64. The predicted octanol–water partition coefficient (Wildman–Crippen LogP) is 3.20. The number of hydrogen-bond acceptors (Lipinski definition) is 4. The van der Waals surface area contributed by atoms with Crippen LogP contribution in [0.4, 0.5) is 0 Å². The van der Waals surface area contributed by atoms with Crippen LogP contribution in [0.15, 0.2) is 18.5 Å². The van der Waals surface area contributed by atoms with E-state index in [1.807, 2.05) is 17.9 Å². The standard InChI is InChI=1S/C16H20ClN3OS/c1-19-10-12(9-18-19)11-20-5-3-16(4-6-20)13-8-15(17)22-14(13)2-7-21-16/h8-10H,2-7,11H2,1H3. The number of thiophene rings is 1. The predicted molar refractivity (Wildman–Crippen MR) is 88.4 cm³/mol. The molecule has 0 bridgehead atoms. The molecule has 4 heterocycles. The van der Waals surface area contributed by atoms with Crippen LogP contribution in [-0.2, 0) is 30.4 Å². The van der Waals surface area contributed by atoms with Crippen molar-refractivity contribution in [1.29, 1.82) is 0 Å². The van der Waals surface area contributed by atoms with Crippen molar-refractivity contribution in [2.24, 2.45) is 7.05 Å². The Kier molecular flexibility index (Phi) is 3.77. The normalized spacial score (nSPS) is 21.2. The first-order chi connectivity index (χ1) is 10.6. The van der Waals surface area contributed by atoms with Gasteiger partial charge in [-0.25, -0.2) is 0 Å². The number of aryl methyl sites for hydroxylation is 1. The highest BCUT2D eigenvalue weighted by molar-refractivity contribution is 7.16. The zero-order valence-electron chi connectivity index (χ0n) is 12.7. The van der Waals surface area contributed by atoms with Gasteiger partial charge in [0.25, 0.3) is 0 Å². The molecule has 0 unspecified atom stereocenters. The fraction of sp³-hybridized carbons (Fsp3) is 0.562. The van der Waals surface area contributed by atoms with Crippen molar-refractivity contribution in [3.8, 4) is 0 Å². The van der Waals surface area contributed by atoms with Crippen LogP contribution < -0.4 is 0 Å². The number of aromatic nitrogens is 2. The van der Waals surface area contributed by atoms with Crippen molar-refractivity contribution in [3.05, 3.63) is 38.8 Å². The van der Waals surface area contributed by atoms with E-state index in [2.05, 4.69) is 22.3 Å². The highest BCUT2D eigenvalue weighted by Crippen LogP contribution is 2.45. The van der Waals surface area contributed by atoms with Crippen molar-refractivity contribution < 1.29 is 4.74 Å². The summed E-state index contributed by atoms with van der Waals surface area (Å²) in [6, 6.07) is 2.14. The molecular weight excluding hydrogens is 318 g/mol. The van der Waals surface area contributed by atoms with E-state index < -0.39 is 0 Å². The first kappa shape index (κ1) is 14.7. The fourth-order valence-corrected chi connectivity index (χ4v) is 5.02. The Balaban J connectivity index is 1.47. The highest BCUT2D eigenvalue weighted by atomic mass is 35.5. The first-order valence-electron chi connectivity index (χ1n) is 7.77. The molecule has 4 rings (SSSR count). The number of nitrogens with zero attached hydrogens (tertiary/aromatic N) is 3. The van der Waals surface area contributed by atoms with Gasteiger partial charge in [0, 0.05) is 49.7 Å². The van der Waals surface area contributed by atoms with Crippen molar-refractivity contribution >= 4 is 22.9 Å². The Morgan fingerprint density at radius 2 is 2.23 bits per heavy atom. The van der Waals surface area contributed by atoms with Crippen LogP contribution in [0, 0.1) is 0 Å². The van der Waals surface area contributed by atoms with E-state index >= 15 is 0 Å². The van der Waals surface area contributed by atoms with E-state index in [-0.39, 0.29) is 5.60 Å². The lowest BCUT2D eigenvalue weighted by atomic mass is 9.82. The molecular formula is C16H20ClN3OS. The van der Waals surface area contributed by atoms with Gasteiger partial charge in [-0.3, -0.25) is 9.58 Å². The van der Waals surface area contributed by atoms with Gasteiger partial charge in [-0.05, 0) is 24.5 Å². The maximum absolute atomic E-state index is 6.25. The second-order valence-corrected chi connectivity index (χ2v) is 8.05. The van der Waals surface area contributed by atoms with E-state index in [9.17, 15) is 0 Å². The van der Waals surface area contributed by atoms with E-state index in [1.165, 1.54) is 16.0 Å². The molecule has 1 saturated heterocycles.